The fourth-order valence-electron chi connectivity index (χ4n) is 4.46. The zero-order valence-electron chi connectivity index (χ0n) is 18.7. The third kappa shape index (κ3) is 6.16. The van der Waals surface area contributed by atoms with E-state index in [-0.39, 0.29) is 0 Å². The second kappa shape index (κ2) is 11.4. The summed E-state index contributed by atoms with van der Waals surface area (Å²) >= 11 is 0. The molecule has 32 heavy (non-hydrogen) atoms. The lowest BCUT2D eigenvalue weighted by molar-refractivity contribution is -0.132. The predicted molar refractivity (Wildman–Crippen MR) is 131 cm³/mol. The second-order valence-corrected chi connectivity index (χ2v) is 8.60. The van der Waals surface area contributed by atoms with E-state index >= 15 is 0 Å². The zero-order valence-corrected chi connectivity index (χ0v) is 18.7. The summed E-state index contributed by atoms with van der Waals surface area (Å²) in [6.07, 6.45) is 11.8. The number of amides is 1. The van der Waals surface area contributed by atoms with Crippen LogP contribution in [0.25, 0.3) is 5.57 Å². The highest BCUT2D eigenvalue weighted by Crippen LogP contribution is 2.29. The number of benzene rings is 2. The van der Waals surface area contributed by atoms with E-state index in [0.29, 0.717) is 18.2 Å². The van der Waals surface area contributed by atoms with Crippen molar-refractivity contribution in [1.29, 1.82) is 0 Å². The van der Waals surface area contributed by atoms with Crippen molar-refractivity contribution in [3.8, 4) is 0 Å². The van der Waals surface area contributed by atoms with Crippen LogP contribution in [0, 0.1) is 5.92 Å². The van der Waals surface area contributed by atoms with Crippen LogP contribution in [-0.4, -0.2) is 28.9 Å². The molecule has 0 N–H and O–H groups in total. The Balaban J connectivity index is 1.30. The maximum absolute atomic E-state index is 12.7. The van der Waals surface area contributed by atoms with E-state index in [1.165, 1.54) is 22.3 Å². The lowest BCUT2D eigenvalue weighted by atomic mass is 9.89. The minimum Gasteiger partial charge on any atom is -0.343 e. The molecule has 1 fully saturated rings. The summed E-state index contributed by atoms with van der Waals surface area (Å²) in [6.45, 7) is 1.72. The molecule has 1 aliphatic heterocycles. The quantitative estimate of drug-likeness (QED) is 0.406. The molecule has 0 radical (unpaired) electrons. The van der Waals surface area contributed by atoms with Crippen LogP contribution in [0.4, 0.5) is 0 Å². The normalized spacial score (nSPS) is 14.2. The minimum atomic E-state index is 0.310. The standard InChI is InChI=1S/C29H32N2O/c32-29(16-8-7-10-25-11-9-19-30-23-25)31-20-17-24(18-21-31)22-28(26-12-3-1-4-13-26)27-14-5-2-6-15-27/h1-6,9,11-15,19,22-24H,7-8,10,16-18,20-21H2. The first-order chi connectivity index (χ1) is 15.8. The zero-order chi connectivity index (χ0) is 22.0. The molecule has 3 nitrogen and oxygen atoms in total. The van der Waals surface area contributed by atoms with Crippen molar-refractivity contribution in [2.45, 2.75) is 38.5 Å². The molecule has 0 spiro atoms. The molecule has 1 saturated heterocycles. The summed E-state index contributed by atoms with van der Waals surface area (Å²) in [5, 5.41) is 0. The Morgan fingerprint density at radius 3 is 2.12 bits per heavy atom. The molecule has 3 aromatic rings. The number of carbonyl (C=O) groups is 1. The van der Waals surface area contributed by atoms with Gasteiger partial charge in [0.2, 0.25) is 5.91 Å². The second-order valence-electron chi connectivity index (χ2n) is 8.60. The van der Waals surface area contributed by atoms with Gasteiger partial charge >= 0.3 is 0 Å². The van der Waals surface area contributed by atoms with Crippen molar-refractivity contribution < 1.29 is 4.79 Å². The van der Waals surface area contributed by atoms with Gasteiger partial charge in [-0.1, -0.05) is 72.8 Å². The van der Waals surface area contributed by atoms with Gasteiger partial charge in [0.15, 0.2) is 0 Å². The Kier molecular flexibility index (Phi) is 7.86. The molecular formula is C29H32N2O. The Morgan fingerprint density at radius 1 is 0.875 bits per heavy atom. The number of pyridine rings is 1. The molecule has 3 heteroatoms. The largest absolute Gasteiger partial charge is 0.343 e. The molecule has 1 aromatic heterocycles. The van der Waals surface area contributed by atoms with Crippen molar-refractivity contribution >= 4 is 11.5 Å². The predicted octanol–water partition coefficient (Wildman–Crippen LogP) is 6.16. The first-order valence-corrected chi connectivity index (χ1v) is 11.8. The van der Waals surface area contributed by atoms with Gasteiger partial charge in [0.1, 0.15) is 0 Å². The van der Waals surface area contributed by atoms with E-state index in [1.807, 2.05) is 12.3 Å². The molecule has 2 aromatic carbocycles. The van der Waals surface area contributed by atoms with Gasteiger partial charge in [-0.2, -0.15) is 0 Å². The maximum atomic E-state index is 12.7. The van der Waals surface area contributed by atoms with Crippen LogP contribution in [0.1, 0.15) is 48.8 Å². The van der Waals surface area contributed by atoms with Gasteiger partial charge in [-0.25, -0.2) is 0 Å². The molecule has 1 amide bonds. The summed E-state index contributed by atoms with van der Waals surface area (Å²) < 4.78 is 0. The number of unbranched alkanes of at least 4 members (excludes halogenated alkanes) is 1. The summed E-state index contributed by atoms with van der Waals surface area (Å²) in [7, 11) is 0. The Labute approximate surface area is 191 Å². The van der Waals surface area contributed by atoms with Gasteiger partial charge in [-0.05, 0) is 66.4 Å². The maximum Gasteiger partial charge on any atom is 0.222 e. The first kappa shape index (κ1) is 22.0. The van der Waals surface area contributed by atoms with Crippen LogP contribution in [-0.2, 0) is 11.2 Å². The SMILES string of the molecule is O=C(CCCCc1cccnc1)N1CCC(C=C(c2ccccc2)c2ccccc2)CC1. The number of aryl methyl sites for hydroxylation is 1. The van der Waals surface area contributed by atoms with Crippen molar-refractivity contribution in [2.24, 2.45) is 5.92 Å². The van der Waals surface area contributed by atoms with Crippen molar-refractivity contribution in [1.82, 2.24) is 9.88 Å². The van der Waals surface area contributed by atoms with Crippen LogP contribution in [0.3, 0.4) is 0 Å². The lowest BCUT2D eigenvalue weighted by Crippen LogP contribution is -2.38. The molecule has 164 valence electrons. The number of carbonyl (C=O) groups excluding carboxylic acids is 1. The molecule has 1 aliphatic rings. The van der Waals surface area contributed by atoms with E-state index < -0.39 is 0 Å². The number of allylic oxidation sites excluding steroid dienone is 1. The topological polar surface area (TPSA) is 33.2 Å². The first-order valence-electron chi connectivity index (χ1n) is 11.8. The van der Waals surface area contributed by atoms with E-state index in [0.717, 1.165) is 45.2 Å². The van der Waals surface area contributed by atoms with Crippen molar-refractivity contribution in [2.75, 3.05) is 13.1 Å². The number of aromatic nitrogens is 1. The molecular weight excluding hydrogens is 392 g/mol. The van der Waals surface area contributed by atoms with Gasteiger partial charge in [-0.15, -0.1) is 0 Å². The molecule has 0 saturated carbocycles. The fraction of sp³-hybridized carbons (Fsp3) is 0.310. The van der Waals surface area contributed by atoms with Gasteiger partial charge in [0, 0.05) is 31.9 Å². The molecule has 2 heterocycles. The van der Waals surface area contributed by atoms with Crippen LogP contribution in [0.15, 0.2) is 91.3 Å². The number of rotatable bonds is 8. The summed E-state index contributed by atoms with van der Waals surface area (Å²) in [5.41, 5.74) is 5.06. The molecule has 0 unspecified atom stereocenters. The van der Waals surface area contributed by atoms with E-state index in [4.69, 9.17) is 0 Å². The molecule has 0 bridgehead atoms. The number of nitrogens with zero attached hydrogens (tertiary/aromatic N) is 2. The van der Waals surface area contributed by atoms with Crippen LogP contribution in [0.2, 0.25) is 0 Å². The number of hydrogen-bond acceptors (Lipinski definition) is 2. The molecule has 0 atom stereocenters. The van der Waals surface area contributed by atoms with E-state index in [9.17, 15) is 4.79 Å². The van der Waals surface area contributed by atoms with E-state index in [1.54, 1.807) is 6.20 Å². The van der Waals surface area contributed by atoms with E-state index in [2.05, 4.69) is 82.7 Å². The van der Waals surface area contributed by atoms with Gasteiger partial charge in [0.05, 0.1) is 0 Å². The lowest BCUT2D eigenvalue weighted by Gasteiger charge is -2.31. The average Bonchev–Trinajstić information content (AvgIpc) is 2.87. The van der Waals surface area contributed by atoms with Crippen LogP contribution < -0.4 is 0 Å². The molecule has 4 rings (SSSR count). The highest BCUT2D eigenvalue weighted by molar-refractivity contribution is 5.80. The fourth-order valence-corrected chi connectivity index (χ4v) is 4.46. The number of hydrogen-bond donors (Lipinski definition) is 0. The minimum absolute atomic E-state index is 0.310. The Morgan fingerprint density at radius 2 is 1.53 bits per heavy atom. The smallest absolute Gasteiger partial charge is 0.222 e. The number of likely N-dealkylation sites (tertiary alicyclic amines) is 1. The third-order valence-corrected chi connectivity index (χ3v) is 6.29. The monoisotopic (exact) mass is 424 g/mol. The van der Waals surface area contributed by atoms with Crippen molar-refractivity contribution in [3.05, 3.63) is 108 Å². The number of piperidine rings is 1. The van der Waals surface area contributed by atoms with Crippen molar-refractivity contribution in [3.63, 3.8) is 0 Å². The highest BCUT2D eigenvalue weighted by atomic mass is 16.2. The summed E-state index contributed by atoms with van der Waals surface area (Å²) in [4.78, 5) is 18.9. The van der Waals surface area contributed by atoms with Gasteiger partial charge in [-0.3, -0.25) is 9.78 Å². The van der Waals surface area contributed by atoms with Gasteiger partial charge in [0.25, 0.3) is 0 Å². The summed E-state index contributed by atoms with van der Waals surface area (Å²) in [6, 6.07) is 25.3. The Hall–Kier alpha value is -3.20. The Bertz CT molecular complexity index is 950. The van der Waals surface area contributed by atoms with Gasteiger partial charge < -0.3 is 4.90 Å². The van der Waals surface area contributed by atoms with Crippen LogP contribution in [0.5, 0.6) is 0 Å². The molecule has 0 aliphatic carbocycles. The highest BCUT2D eigenvalue weighted by Gasteiger charge is 2.22. The van der Waals surface area contributed by atoms with Crippen LogP contribution >= 0.6 is 0 Å². The average molecular weight is 425 g/mol. The third-order valence-electron chi connectivity index (χ3n) is 6.29. The summed E-state index contributed by atoms with van der Waals surface area (Å²) in [5.74, 6) is 0.810.